The molecule has 0 unspecified atom stereocenters. The lowest BCUT2D eigenvalue weighted by Crippen LogP contribution is -2.38. The number of aryl methyl sites for hydroxylation is 2. The number of aromatic amines is 1. The summed E-state index contributed by atoms with van der Waals surface area (Å²) in [5.41, 5.74) is 3.75. The molecule has 132 valence electrons. The average Bonchev–Trinajstić information content (AvgIpc) is 3.21. The van der Waals surface area contributed by atoms with Crippen molar-refractivity contribution in [3.05, 3.63) is 54.0 Å². The van der Waals surface area contributed by atoms with Crippen molar-refractivity contribution in [3.8, 4) is 0 Å². The standard InChI is InChI=1S/C19H26N6/c1-20-19(24(2)13-15-11-23-25(3)14-15)21-10-6-7-16-12-22-18-9-5-4-8-17(16)18/h4-5,8-9,11-12,14,22H,6-7,10,13H2,1-3H3,(H,20,21). The first kappa shape index (κ1) is 17.1. The first-order valence-corrected chi connectivity index (χ1v) is 8.61. The van der Waals surface area contributed by atoms with E-state index in [2.05, 4.69) is 55.8 Å². The van der Waals surface area contributed by atoms with E-state index in [0.717, 1.165) is 31.9 Å². The average molecular weight is 338 g/mol. The van der Waals surface area contributed by atoms with Crippen molar-refractivity contribution in [1.82, 2.24) is 25.0 Å². The highest BCUT2D eigenvalue weighted by molar-refractivity contribution is 5.83. The van der Waals surface area contributed by atoms with Gasteiger partial charge in [-0.15, -0.1) is 0 Å². The van der Waals surface area contributed by atoms with E-state index in [1.807, 2.05) is 38.2 Å². The van der Waals surface area contributed by atoms with Crippen LogP contribution in [0, 0.1) is 0 Å². The second kappa shape index (κ2) is 7.88. The van der Waals surface area contributed by atoms with Gasteiger partial charge in [-0.1, -0.05) is 18.2 Å². The summed E-state index contributed by atoms with van der Waals surface area (Å²) in [5, 5.41) is 8.98. The molecule has 0 aliphatic heterocycles. The maximum absolute atomic E-state index is 4.37. The van der Waals surface area contributed by atoms with Crippen LogP contribution in [0.5, 0.6) is 0 Å². The summed E-state index contributed by atoms with van der Waals surface area (Å²) in [6.45, 7) is 1.68. The van der Waals surface area contributed by atoms with Crippen molar-refractivity contribution >= 4 is 16.9 Å². The molecule has 0 fully saturated rings. The van der Waals surface area contributed by atoms with Crippen molar-refractivity contribution < 1.29 is 0 Å². The Bertz CT molecular complexity index is 844. The van der Waals surface area contributed by atoms with Crippen molar-refractivity contribution in [2.45, 2.75) is 19.4 Å². The van der Waals surface area contributed by atoms with Crippen LogP contribution in [0.4, 0.5) is 0 Å². The highest BCUT2D eigenvalue weighted by Gasteiger charge is 2.08. The van der Waals surface area contributed by atoms with Gasteiger partial charge in [0.1, 0.15) is 0 Å². The molecule has 0 saturated carbocycles. The minimum atomic E-state index is 0.788. The zero-order valence-corrected chi connectivity index (χ0v) is 15.2. The third kappa shape index (κ3) is 4.21. The molecule has 0 atom stereocenters. The second-order valence-electron chi connectivity index (χ2n) is 6.32. The fourth-order valence-electron chi connectivity index (χ4n) is 3.10. The molecule has 0 spiro atoms. The highest BCUT2D eigenvalue weighted by atomic mass is 15.3. The first-order chi connectivity index (χ1) is 12.2. The van der Waals surface area contributed by atoms with Crippen LogP contribution in [0.25, 0.3) is 10.9 Å². The Labute approximate surface area is 148 Å². The smallest absolute Gasteiger partial charge is 0.193 e. The molecule has 2 aromatic heterocycles. The number of H-pyrrole nitrogens is 1. The van der Waals surface area contributed by atoms with Gasteiger partial charge in [-0.3, -0.25) is 9.67 Å². The number of aliphatic imine (C=N–C) groups is 1. The molecule has 3 rings (SSSR count). The van der Waals surface area contributed by atoms with Crippen molar-refractivity contribution in [1.29, 1.82) is 0 Å². The molecule has 0 aliphatic carbocycles. The number of fused-ring (bicyclic) bond motifs is 1. The van der Waals surface area contributed by atoms with E-state index in [9.17, 15) is 0 Å². The van der Waals surface area contributed by atoms with Crippen molar-refractivity contribution in [3.63, 3.8) is 0 Å². The van der Waals surface area contributed by atoms with Crippen LogP contribution < -0.4 is 5.32 Å². The molecule has 2 heterocycles. The number of guanidine groups is 1. The fourth-order valence-corrected chi connectivity index (χ4v) is 3.10. The van der Waals surface area contributed by atoms with Crippen LogP contribution in [0.1, 0.15) is 17.5 Å². The quantitative estimate of drug-likeness (QED) is 0.412. The number of benzene rings is 1. The SMILES string of the molecule is CN=C(NCCCc1c[nH]c2ccccc12)N(C)Cc1cnn(C)c1. The minimum absolute atomic E-state index is 0.788. The van der Waals surface area contributed by atoms with Gasteiger partial charge >= 0.3 is 0 Å². The second-order valence-corrected chi connectivity index (χ2v) is 6.32. The first-order valence-electron chi connectivity index (χ1n) is 8.61. The van der Waals surface area contributed by atoms with E-state index < -0.39 is 0 Å². The fraction of sp³-hybridized carbons (Fsp3) is 0.368. The number of hydrogen-bond donors (Lipinski definition) is 2. The number of para-hydroxylation sites is 1. The van der Waals surface area contributed by atoms with Crippen molar-refractivity contribution in [2.75, 3.05) is 20.6 Å². The number of aromatic nitrogens is 3. The largest absolute Gasteiger partial charge is 0.361 e. The summed E-state index contributed by atoms with van der Waals surface area (Å²) in [5.74, 6) is 0.905. The number of hydrogen-bond acceptors (Lipinski definition) is 2. The monoisotopic (exact) mass is 338 g/mol. The van der Waals surface area contributed by atoms with Gasteiger partial charge in [0.15, 0.2) is 5.96 Å². The molecule has 0 radical (unpaired) electrons. The van der Waals surface area contributed by atoms with E-state index in [1.165, 1.54) is 22.0 Å². The third-order valence-corrected chi connectivity index (χ3v) is 4.33. The normalized spacial score (nSPS) is 11.9. The predicted octanol–water partition coefficient (Wildman–Crippen LogP) is 2.54. The van der Waals surface area contributed by atoms with Gasteiger partial charge in [-0.25, -0.2) is 0 Å². The third-order valence-electron chi connectivity index (χ3n) is 4.33. The maximum atomic E-state index is 4.37. The minimum Gasteiger partial charge on any atom is -0.361 e. The van der Waals surface area contributed by atoms with E-state index in [1.54, 1.807) is 0 Å². The summed E-state index contributed by atoms with van der Waals surface area (Å²) in [6.07, 6.45) is 8.14. The van der Waals surface area contributed by atoms with Gasteiger partial charge in [0.25, 0.3) is 0 Å². The summed E-state index contributed by atoms with van der Waals surface area (Å²) >= 11 is 0. The summed E-state index contributed by atoms with van der Waals surface area (Å²) < 4.78 is 1.82. The Morgan fingerprint density at radius 3 is 2.96 bits per heavy atom. The van der Waals surface area contributed by atoms with Gasteiger partial charge < -0.3 is 15.2 Å². The summed E-state index contributed by atoms with van der Waals surface area (Å²) in [6, 6.07) is 8.45. The Morgan fingerprint density at radius 2 is 2.20 bits per heavy atom. The van der Waals surface area contributed by atoms with Crippen LogP contribution in [0.3, 0.4) is 0 Å². The van der Waals surface area contributed by atoms with Crippen molar-refractivity contribution in [2.24, 2.45) is 12.0 Å². The van der Waals surface area contributed by atoms with E-state index >= 15 is 0 Å². The van der Waals surface area contributed by atoms with E-state index in [-0.39, 0.29) is 0 Å². The molecule has 25 heavy (non-hydrogen) atoms. The molecule has 0 bridgehead atoms. The number of nitrogens with zero attached hydrogens (tertiary/aromatic N) is 4. The predicted molar refractivity (Wildman–Crippen MR) is 103 cm³/mol. The van der Waals surface area contributed by atoms with Crippen LogP contribution >= 0.6 is 0 Å². The molecular formula is C19H26N6. The lowest BCUT2D eigenvalue weighted by atomic mass is 10.1. The topological polar surface area (TPSA) is 61.2 Å². The Morgan fingerprint density at radius 1 is 1.36 bits per heavy atom. The van der Waals surface area contributed by atoms with Crippen LogP contribution in [0.2, 0.25) is 0 Å². The molecule has 6 nitrogen and oxygen atoms in total. The molecule has 0 aliphatic rings. The molecule has 0 amide bonds. The molecule has 2 N–H and O–H groups in total. The summed E-state index contributed by atoms with van der Waals surface area (Å²) in [4.78, 5) is 9.82. The lowest BCUT2D eigenvalue weighted by molar-refractivity contribution is 0.475. The Kier molecular flexibility index (Phi) is 5.38. The van der Waals surface area contributed by atoms with Crippen LogP contribution in [0.15, 0.2) is 47.8 Å². The van der Waals surface area contributed by atoms with Gasteiger partial charge in [0, 0.05) is 63.1 Å². The van der Waals surface area contributed by atoms with Gasteiger partial charge in [0.05, 0.1) is 6.20 Å². The molecule has 0 saturated heterocycles. The zero-order valence-electron chi connectivity index (χ0n) is 15.2. The van der Waals surface area contributed by atoms with Gasteiger partial charge in [0.2, 0.25) is 0 Å². The maximum Gasteiger partial charge on any atom is 0.193 e. The zero-order chi connectivity index (χ0) is 17.6. The lowest BCUT2D eigenvalue weighted by Gasteiger charge is -2.21. The molecule has 3 aromatic rings. The Hall–Kier alpha value is -2.76. The molecule has 1 aromatic carbocycles. The summed E-state index contributed by atoms with van der Waals surface area (Å²) in [7, 11) is 5.80. The highest BCUT2D eigenvalue weighted by Crippen LogP contribution is 2.18. The van der Waals surface area contributed by atoms with Gasteiger partial charge in [-0.2, -0.15) is 5.10 Å². The number of nitrogens with one attached hydrogen (secondary N) is 2. The Balaban J connectivity index is 1.48. The van der Waals surface area contributed by atoms with Crippen LogP contribution in [-0.2, 0) is 20.0 Å². The van der Waals surface area contributed by atoms with Crippen LogP contribution in [-0.4, -0.2) is 46.3 Å². The van der Waals surface area contributed by atoms with E-state index in [4.69, 9.17) is 0 Å². The molecule has 6 heteroatoms. The molecular weight excluding hydrogens is 312 g/mol. The van der Waals surface area contributed by atoms with Gasteiger partial charge in [-0.05, 0) is 24.5 Å². The van der Waals surface area contributed by atoms with E-state index in [0.29, 0.717) is 0 Å². The number of rotatable bonds is 6.